The molecule has 5 heteroatoms. The lowest BCUT2D eigenvalue weighted by atomic mass is 10.3. The first-order chi connectivity index (χ1) is 8.02. The summed E-state index contributed by atoms with van der Waals surface area (Å²) in [6.07, 6.45) is 1.34. The summed E-state index contributed by atoms with van der Waals surface area (Å²) in [5.41, 5.74) is 0. The smallest absolute Gasteiger partial charge is 0.331 e. The lowest BCUT2D eigenvalue weighted by Gasteiger charge is -2.05. The molecule has 0 atom stereocenters. The number of ether oxygens (including phenoxy) is 1. The lowest BCUT2D eigenvalue weighted by molar-refractivity contribution is -0.137. The average molecular weight is 254 g/mol. The van der Waals surface area contributed by atoms with Crippen LogP contribution in [0.1, 0.15) is 13.8 Å². The van der Waals surface area contributed by atoms with Crippen LogP contribution < -0.4 is 0 Å². The van der Waals surface area contributed by atoms with E-state index in [-0.39, 0.29) is 11.5 Å². The van der Waals surface area contributed by atoms with Gasteiger partial charge in [0.2, 0.25) is 0 Å². The molecule has 0 aliphatic carbocycles. The number of hydrogen-bond acceptors (Lipinski definition) is 5. The van der Waals surface area contributed by atoms with Crippen molar-refractivity contribution < 1.29 is 19.7 Å². The van der Waals surface area contributed by atoms with E-state index in [0.29, 0.717) is 16.4 Å². The van der Waals surface area contributed by atoms with E-state index in [1.54, 1.807) is 13.8 Å². The van der Waals surface area contributed by atoms with Gasteiger partial charge in [0.05, 0.1) is 11.5 Å². The Hall–Kier alpha value is -1.62. The third-order valence-corrected chi connectivity index (χ3v) is 2.81. The number of carbonyl (C=O) groups is 1. The summed E-state index contributed by atoms with van der Waals surface area (Å²) in [6.45, 7) is 3.78. The molecule has 0 bridgehead atoms. The summed E-state index contributed by atoms with van der Waals surface area (Å²) in [6, 6.07) is 4.22. The molecule has 0 amide bonds. The molecule has 0 fully saturated rings. The predicted octanol–water partition coefficient (Wildman–Crippen LogP) is 2.66. The zero-order valence-corrected chi connectivity index (χ0v) is 10.5. The van der Waals surface area contributed by atoms with Crippen molar-refractivity contribution >= 4 is 17.7 Å². The number of thioether (sulfide) groups is 1. The number of phenolic OH excluding ortho intramolecular Hbond substituents is 2. The molecule has 0 saturated heterocycles. The van der Waals surface area contributed by atoms with E-state index in [1.165, 1.54) is 36.0 Å². The molecule has 2 N–H and O–H groups in total. The first-order valence-corrected chi connectivity index (χ1v) is 5.89. The third-order valence-electron chi connectivity index (χ3n) is 1.82. The highest BCUT2D eigenvalue weighted by atomic mass is 32.2. The molecular formula is C12H14O4S. The summed E-state index contributed by atoms with van der Waals surface area (Å²) in [7, 11) is 0. The van der Waals surface area contributed by atoms with Crippen LogP contribution >= 0.6 is 11.8 Å². The second-order valence-electron chi connectivity index (χ2n) is 3.26. The standard InChI is InChI=1S/C12H14O4S/c1-3-16-12(15)6-8(2)17-11-7-9(13)4-5-10(11)14/h4-7,13-14H,3H2,1-2H3. The molecule has 4 nitrogen and oxygen atoms in total. The SMILES string of the molecule is CCOC(=O)C=C(C)Sc1cc(O)ccc1O. The predicted molar refractivity (Wildman–Crippen MR) is 66.0 cm³/mol. The number of aromatic hydroxyl groups is 2. The van der Waals surface area contributed by atoms with Crippen LogP contribution in [-0.2, 0) is 9.53 Å². The minimum atomic E-state index is -0.419. The number of carbonyl (C=O) groups excluding carboxylic acids is 1. The van der Waals surface area contributed by atoms with E-state index in [2.05, 4.69) is 0 Å². The second-order valence-corrected chi connectivity index (χ2v) is 4.55. The molecule has 0 unspecified atom stereocenters. The highest BCUT2D eigenvalue weighted by Gasteiger charge is 2.06. The van der Waals surface area contributed by atoms with Crippen LogP contribution in [0, 0.1) is 0 Å². The number of benzene rings is 1. The molecule has 0 aliphatic rings. The van der Waals surface area contributed by atoms with Crippen LogP contribution in [-0.4, -0.2) is 22.8 Å². The van der Waals surface area contributed by atoms with Gasteiger partial charge in [0.15, 0.2) is 0 Å². The Morgan fingerprint density at radius 1 is 1.47 bits per heavy atom. The van der Waals surface area contributed by atoms with E-state index >= 15 is 0 Å². The van der Waals surface area contributed by atoms with Gasteiger partial charge in [0.1, 0.15) is 11.5 Å². The van der Waals surface area contributed by atoms with Gasteiger partial charge in [-0.2, -0.15) is 0 Å². The summed E-state index contributed by atoms with van der Waals surface area (Å²) in [5.74, 6) is -0.296. The zero-order valence-electron chi connectivity index (χ0n) is 9.64. The van der Waals surface area contributed by atoms with E-state index in [4.69, 9.17) is 4.74 Å². The van der Waals surface area contributed by atoms with Crippen LogP contribution in [0.5, 0.6) is 11.5 Å². The molecular weight excluding hydrogens is 240 g/mol. The first kappa shape index (κ1) is 13.4. The molecule has 92 valence electrons. The van der Waals surface area contributed by atoms with Gasteiger partial charge in [-0.25, -0.2) is 4.79 Å². The topological polar surface area (TPSA) is 66.8 Å². The average Bonchev–Trinajstić information content (AvgIpc) is 2.23. The van der Waals surface area contributed by atoms with Crippen LogP contribution in [0.2, 0.25) is 0 Å². The molecule has 1 rings (SSSR count). The fraction of sp³-hybridized carbons (Fsp3) is 0.250. The summed E-state index contributed by atoms with van der Waals surface area (Å²) in [4.78, 5) is 12.3. The van der Waals surface area contributed by atoms with E-state index < -0.39 is 5.97 Å². The molecule has 1 aromatic rings. The Balaban J connectivity index is 2.77. The number of hydrogen-bond donors (Lipinski definition) is 2. The highest BCUT2D eigenvalue weighted by molar-refractivity contribution is 8.03. The van der Waals surface area contributed by atoms with Crippen LogP contribution in [0.15, 0.2) is 34.1 Å². The van der Waals surface area contributed by atoms with Crippen molar-refractivity contribution in [3.8, 4) is 11.5 Å². The van der Waals surface area contributed by atoms with Crippen LogP contribution in [0.3, 0.4) is 0 Å². The van der Waals surface area contributed by atoms with Crippen molar-refractivity contribution in [2.45, 2.75) is 18.7 Å². The number of phenols is 2. The van der Waals surface area contributed by atoms with Gasteiger partial charge in [-0.3, -0.25) is 0 Å². The Labute approximate surface area is 104 Å². The Bertz CT molecular complexity index is 440. The monoisotopic (exact) mass is 254 g/mol. The molecule has 0 heterocycles. The number of esters is 1. The minimum Gasteiger partial charge on any atom is -0.508 e. The molecule has 0 radical (unpaired) electrons. The van der Waals surface area contributed by atoms with Crippen molar-refractivity contribution in [1.82, 2.24) is 0 Å². The summed E-state index contributed by atoms with van der Waals surface area (Å²) < 4.78 is 4.76. The first-order valence-electron chi connectivity index (χ1n) is 5.07. The Kier molecular flexibility index (Phi) is 4.90. The second kappa shape index (κ2) is 6.20. The van der Waals surface area contributed by atoms with Gasteiger partial charge in [-0.1, -0.05) is 11.8 Å². The molecule has 0 saturated carbocycles. The molecule has 0 aromatic heterocycles. The largest absolute Gasteiger partial charge is 0.508 e. The molecule has 0 aliphatic heterocycles. The summed E-state index contributed by atoms with van der Waals surface area (Å²) in [5, 5.41) is 18.8. The molecule has 1 aromatic carbocycles. The minimum absolute atomic E-state index is 0.0596. The van der Waals surface area contributed by atoms with Crippen molar-refractivity contribution in [3.63, 3.8) is 0 Å². The van der Waals surface area contributed by atoms with Crippen molar-refractivity contribution in [2.75, 3.05) is 6.61 Å². The zero-order chi connectivity index (χ0) is 12.8. The fourth-order valence-corrected chi connectivity index (χ4v) is 1.99. The number of rotatable bonds is 4. The van der Waals surface area contributed by atoms with Gasteiger partial charge in [0, 0.05) is 6.08 Å². The fourth-order valence-electron chi connectivity index (χ4n) is 1.14. The normalized spacial score (nSPS) is 11.3. The maximum absolute atomic E-state index is 11.2. The molecule has 0 spiro atoms. The van der Waals surface area contributed by atoms with Crippen LogP contribution in [0.4, 0.5) is 0 Å². The van der Waals surface area contributed by atoms with E-state index in [9.17, 15) is 15.0 Å². The van der Waals surface area contributed by atoms with E-state index in [1.807, 2.05) is 0 Å². The number of allylic oxidation sites excluding steroid dienone is 1. The van der Waals surface area contributed by atoms with Crippen molar-refractivity contribution in [3.05, 3.63) is 29.2 Å². The third kappa shape index (κ3) is 4.40. The highest BCUT2D eigenvalue weighted by Crippen LogP contribution is 2.35. The van der Waals surface area contributed by atoms with Crippen molar-refractivity contribution in [1.29, 1.82) is 0 Å². The van der Waals surface area contributed by atoms with Crippen molar-refractivity contribution in [2.24, 2.45) is 0 Å². The van der Waals surface area contributed by atoms with Crippen LogP contribution in [0.25, 0.3) is 0 Å². The van der Waals surface area contributed by atoms with Gasteiger partial charge in [-0.15, -0.1) is 0 Å². The van der Waals surface area contributed by atoms with Gasteiger partial charge < -0.3 is 14.9 Å². The Morgan fingerprint density at radius 3 is 2.82 bits per heavy atom. The van der Waals surface area contributed by atoms with Gasteiger partial charge >= 0.3 is 5.97 Å². The maximum atomic E-state index is 11.2. The maximum Gasteiger partial charge on any atom is 0.331 e. The quantitative estimate of drug-likeness (QED) is 0.374. The van der Waals surface area contributed by atoms with E-state index in [0.717, 1.165) is 0 Å². The van der Waals surface area contributed by atoms with Gasteiger partial charge in [0.25, 0.3) is 0 Å². The van der Waals surface area contributed by atoms with Gasteiger partial charge in [-0.05, 0) is 37.0 Å². The summed E-state index contributed by atoms with van der Waals surface area (Å²) >= 11 is 1.19. The Morgan fingerprint density at radius 2 is 2.18 bits per heavy atom. The molecule has 17 heavy (non-hydrogen) atoms. The lowest BCUT2D eigenvalue weighted by Crippen LogP contribution is -1.99.